The van der Waals surface area contributed by atoms with Gasteiger partial charge in [-0.05, 0) is 43.2 Å². The standard InChI is InChI=1S/C24H22ClF3N4O5/c1-2-30-20-19(21(34)31(23(30)35)12-5-13-33)32(14-15-8-10-16(25)11-9-15)22(29-20)36-17-6-3-4-7-18(17)37-24(26,27)28/h3-4,6-11,33H,2,5,12-14H2,1H3. The minimum absolute atomic E-state index is 0.0101. The van der Waals surface area contributed by atoms with Crippen molar-refractivity contribution in [2.45, 2.75) is 39.3 Å². The first-order valence-corrected chi connectivity index (χ1v) is 11.6. The zero-order chi connectivity index (χ0) is 26.7. The molecule has 0 saturated carbocycles. The molecule has 37 heavy (non-hydrogen) atoms. The van der Waals surface area contributed by atoms with Crippen molar-refractivity contribution in [2.75, 3.05) is 6.61 Å². The van der Waals surface area contributed by atoms with Gasteiger partial charge in [0, 0.05) is 24.7 Å². The van der Waals surface area contributed by atoms with E-state index in [1.165, 1.54) is 27.3 Å². The van der Waals surface area contributed by atoms with E-state index in [9.17, 15) is 27.9 Å². The molecule has 196 valence electrons. The molecule has 0 bridgehead atoms. The van der Waals surface area contributed by atoms with Crippen LogP contribution in [0.25, 0.3) is 11.2 Å². The summed E-state index contributed by atoms with van der Waals surface area (Å²) in [4.78, 5) is 30.8. The van der Waals surface area contributed by atoms with Crippen LogP contribution in [0.15, 0.2) is 58.1 Å². The number of fused-ring (bicyclic) bond motifs is 1. The molecule has 0 fully saturated rings. The van der Waals surface area contributed by atoms with E-state index in [0.717, 1.165) is 10.6 Å². The third-order valence-electron chi connectivity index (χ3n) is 5.47. The number of ether oxygens (including phenoxy) is 2. The molecular formula is C24H22ClF3N4O5. The van der Waals surface area contributed by atoms with Gasteiger partial charge >= 0.3 is 18.1 Å². The Morgan fingerprint density at radius 2 is 1.68 bits per heavy atom. The molecule has 9 nitrogen and oxygen atoms in total. The van der Waals surface area contributed by atoms with Gasteiger partial charge in [-0.1, -0.05) is 35.9 Å². The second-order valence-corrected chi connectivity index (χ2v) is 8.37. The lowest BCUT2D eigenvalue weighted by molar-refractivity contribution is -0.275. The maximum atomic E-state index is 13.5. The number of hydrogen-bond acceptors (Lipinski definition) is 6. The lowest BCUT2D eigenvalue weighted by Gasteiger charge is -2.14. The third kappa shape index (κ3) is 5.65. The third-order valence-corrected chi connectivity index (χ3v) is 5.72. The van der Waals surface area contributed by atoms with Gasteiger partial charge in [0.1, 0.15) is 0 Å². The monoisotopic (exact) mass is 538 g/mol. The van der Waals surface area contributed by atoms with Gasteiger partial charge in [-0.3, -0.25) is 18.5 Å². The average Bonchev–Trinajstić information content (AvgIpc) is 3.18. The average molecular weight is 539 g/mol. The normalized spacial score (nSPS) is 11.7. The van der Waals surface area contributed by atoms with Crippen LogP contribution in [0.1, 0.15) is 18.9 Å². The number of aromatic nitrogens is 4. The summed E-state index contributed by atoms with van der Waals surface area (Å²) in [5, 5.41) is 9.72. The van der Waals surface area contributed by atoms with Crippen molar-refractivity contribution < 1.29 is 27.8 Å². The van der Waals surface area contributed by atoms with Crippen molar-refractivity contribution in [2.24, 2.45) is 0 Å². The number of aliphatic hydroxyl groups is 1. The van der Waals surface area contributed by atoms with Gasteiger partial charge in [-0.2, -0.15) is 4.98 Å². The quantitative estimate of drug-likeness (QED) is 0.343. The molecule has 4 rings (SSSR count). The zero-order valence-electron chi connectivity index (χ0n) is 19.5. The molecule has 0 spiro atoms. The summed E-state index contributed by atoms with van der Waals surface area (Å²) < 4.78 is 52.4. The highest BCUT2D eigenvalue weighted by Crippen LogP contribution is 2.35. The Morgan fingerprint density at radius 1 is 1.00 bits per heavy atom. The van der Waals surface area contributed by atoms with Crippen LogP contribution < -0.4 is 20.7 Å². The number of imidazole rings is 1. The molecule has 0 aliphatic rings. The van der Waals surface area contributed by atoms with E-state index in [1.54, 1.807) is 31.2 Å². The Morgan fingerprint density at radius 3 is 2.30 bits per heavy atom. The predicted molar refractivity (Wildman–Crippen MR) is 129 cm³/mol. The van der Waals surface area contributed by atoms with E-state index in [2.05, 4.69) is 9.72 Å². The minimum Gasteiger partial charge on any atom is -0.421 e. The highest BCUT2D eigenvalue weighted by molar-refractivity contribution is 6.30. The van der Waals surface area contributed by atoms with Crippen LogP contribution in [0.5, 0.6) is 17.5 Å². The van der Waals surface area contributed by atoms with Crippen molar-refractivity contribution in [3.63, 3.8) is 0 Å². The Labute approximate surface area is 212 Å². The van der Waals surface area contributed by atoms with Crippen molar-refractivity contribution in [1.82, 2.24) is 18.7 Å². The van der Waals surface area contributed by atoms with Gasteiger partial charge in [0.25, 0.3) is 5.56 Å². The number of aryl methyl sites for hydroxylation is 1. The molecule has 2 aromatic heterocycles. The number of rotatable bonds is 9. The minimum atomic E-state index is -4.97. The number of halogens is 4. The Hall–Kier alpha value is -3.77. The fraction of sp³-hybridized carbons (Fsp3) is 0.292. The van der Waals surface area contributed by atoms with E-state index >= 15 is 0 Å². The number of benzene rings is 2. The van der Waals surface area contributed by atoms with Gasteiger partial charge in [-0.15, -0.1) is 13.2 Å². The lowest BCUT2D eigenvalue weighted by Crippen LogP contribution is -2.40. The summed E-state index contributed by atoms with van der Waals surface area (Å²) in [6.07, 6.45) is -4.80. The second-order valence-electron chi connectivity index (χ2n) is 7.94. The molecule has 0 unspecified atom stereocenters. The van der Waals surface area contributed by atoms with Gasteiger partial charge < -0.3 is 14.6 Å². The first kappa shape index (κ1) is 26.3. The first-order valence-electron chi connectivity index (χ1n) is 11.2. The SMILES string of the molecule is CCn1c(=O)n(CCCO)c(=O)c2c1nc(Oc1ccccc1OC(F)(F)F)n2Cc1ccc(Cl)cc1. The summed E-state index contributed by atoms with van der Waals surface area (Å²) in [5.74, 6) is -0.896. The number of para-hydroxylation sites is 2. The summed E-state index contributed by atoms with van der Waals surface area (Å²) in [6.45, 7) is 1.61. The molecule has 0 radical (unpaired) electrons. The van der Waals surface area contributed by atoms with Crippen molar-refractivity contribution in [1.29, 1.82) is 0 Å². The molecule has 4 aromatic rings. The fourth-order valence-corrected chi connectivity index (χ4v) is 3.95. The zero-order valence-corrected chi connectivity index (χ0v) is 20.3. The van der Waals surface area contributed by atoms with Crippen LogP contribution in [0, 0.1) is 0 Å². The molecule has 0 aliphatic carbocycles. The van der Waals surface area contributed by atoms with Gasteiger partial charge in [0.2, 0.25) is 0 Å². The Bertz CT molecular complexity index is 1530. The fourth-order valence-electron chi connectivity index (χ4n) is 3.82. The van der Waals surface area contributed by atoms with Crippen molar-refractivity contribution >= 4 is 22.8 Å². The number of hydrogen-bond donors (Lipinski definition) is 1. The van der Waals surface area contributed by atoms with Gasteiger partial charge in [0.05, 0.1) is 6.54 Å². The number of nitrogens with zero attached hydrogens (tertiary/aromatic N) is 4. The van der Waals surface area contributed by atoms with Crippen LogP contribution in [-0.4, -0.2) is 36.8 Å². The summed E-state index contributed by atoms with van der Waals surface area (Å²) in [6, 6.07) is 11.6. The Balaban J connectivity index is 1.95. The first-order chi connectivity index (χ1) is 17.6. The van der Waals surface area contributed by atoms with Crippen LogP contribution in [0.2, 0.25) is 5.02 Å². The maximum absolute atomic E-state index is 13.5. The highest BCUT2D eigenvalue weighted by Gasteiger charge is 2.33. The van der Waals surface area contributed by atoms with Crippen LogP contribution >= 0.6 is 11.6 Å². The molecule has 2 heterocycles. The molecule has 2 aromatic carbocycles. The molecule has 0 atom stereocenters. The van der Waals surface area contributed by atoms with Gasteiger partial charge in [-0.25, -0.2) is 4.79 Å². The molecular weight excluding hydrogens is 517 g/mol. The van der Waals surface area contributed by atoms with Crippen LogP contribution in [0.3, 0.4) is 0 Å². The summed E-state index contributed by atoms with van der Waals surface area (Å²) in [7, 11) is 0. The van der Waals surface area contributed by atoms with Crippen molar-refractivity contribution in [3.05, 3.63) is 80.0 Å². The smallest absolute Gasteiger partial charge is 0.421 e. The van der Waals surface area contributed by atoms with E-state index in [-0.39, 0.29) is 55.6 Å². The molecule has 0 aliphatic heterocycles. The maximum Gasteiger partial charge on any atom is 0.573 e. The molecule has 0 saturated heterocycles. The number of alkyl halides is 3. The lowest BCUT2D eigenvalue weighted by atomic mass is 10.2. The number of aliphatic hydroxyl groups excluding tert-OH is 1. The molecule has 1 N–H and O–H groups in total. The molecule has 0 amide bonds. The topological polar surface area (TPSA) is 101 Å². The summed E-state index contributed by atoms with van der Waals surface area (Å²) >= 11 is 5.99. The second kappa shape index (κ2) is 10.7. The highest BCUT2D eigenvalue weighted by atomic mass is 35.5. The van der Waals surface area contributed by atoms with Crippen LogP contribution in [0.4, 0.5) is 13.2 Å². The predicted octanol–water partition coefficient (Wildman–Crippen LogP) is 4.15. The van der Waals surface area contributed by atoms with Crippen LogP contribution in [-0.2, 0) is 19.6 Å². The van der Waals surface area contributed by atoms with E-state index in [4.69, 9.17) is 16.3 Å². The van der Waals surface area contributed by atoms with E-state index < -0.39 is 23.4 Å². The summed E-state index contributed by atoms with van der Waals surface area (Å²) in [5.41, 5.74) is -0.593. The van der Waals surface area contributed by atoms with Gasteiger partial charge in [0.15, 0.2) is 22.7 Å². The Kier molecular flexibility index (Phi) is 7.60. The largest absolute Gasteiger partial charge is 0.573 e. The molecule has 13 heteroatoms. The van der Waals surface area contributed by atoms with E-state index in [0.29, 0.717) is 10.6 Å². The van der Waals surface area contributed by atoms with Crippen molar-refractivity contribution in [3.8, 4) is 17.5 Å². The van der Waals surface area contributed by atoms with E-state index in [1.807, 2.05) is 0 Å².